The van der Waals surface area contributed by atoms with Gasteiger partial charge >= 0.3 is 0 Å². The number of anilines is 3. The van der Waals surface area contributed by atoms with Crippen molar-refractivity contribution >= 4 is 46.3 Å². The quantitative estimate of drug-likeness (QED) is 0.727. The molecule has 4 N–H and O–H groups in total. The van der Waals surface area contributed by atoms with E-state index in [1.54, 1.807) is 6.07 Å². The van der Waals surface area contributed by atoms with Crippen LogP contribution in [0.25, 0.3) is 0 Å². The summed E-state index contributed by atoms with van der Waals surface area (Å²) in [6.45, 7) is 3.61. The van der Waals surface area contributed by atoms with Crippen LogP contribution >= 0.6 is 23.8 Å². The second kappa shape index (κ2) is 6.78. The van der Waals surface area contributed by atoms with Crippen molar-refractivity contribution in [2.24, 2.45) is 0 Å². The lowest BCUT2D eigenvalue weighted by Crippen LogP contribution is -2.30. The number of aromatic nitrogens is 2. The highest BCUT2D eigenvalue weighted by atomic mass is 35.5. The molecule has 0 radical (unpaired) electrons. The molecule has 1 fully saturated rings. The van der Waals surface area contributed by atoms with Crippen molar-refractivity contribution < 1.29 is 0 Å². The molecule has 1 aliphatic heterocycles. The second-order valence-electron chi connectivity index (χ2n) is 5.71. The van der Waals surface area contributed by atoms with Crippen LogP contribution in [0.4, 0.5) is 17.5 Å². The second-order valence-corrected chi connectivity index (χ2v) is 6.53. The topological polar surface area (TPSA) is 87.0 Å². The van der Waals surface area contributed by atoms with E-state index in [1.807, 2.05) is 24.0 Å². The van der Waals surface area contributed by atoms with Crippen LogP contribution in [0, 0.1) is 6.92 Å². The molecule has 126 valence electrons. The summed E-state index contributed by atoms with van der Waals surface area (Å²) < 4.78 is 0. The van der Waals surface area contributed by atoms with Crippen LogP contribution in [0.5, 0.6) is 0 Å². The molecule has 3 rings (SSSR count). The van der Waals surface area contributed by atoms with Gasteiger partial charge in [-0.05, 0) is 37.5 Å². The Bertz CT molecular complexity index is 845. The molecular weight excluding hydrogens is 346 g/mol. The molecule has 0 spiro atoms. The summed E-state index contributed by atoms with van der Waals surface area (Å²) in [6, 6.07) is 5.44. The Kier molecular flexibility index (Phi) is 4.73. The average molecular weight is 364 g/mol. The number of rotatable bonds is 3. The monoisotopic (exact) mass is 363 g/mol. The van der Waals surface area contributed by atoms with E-state index in [2.05, 4.69) is 15.3 Å². The van der Waals surface area contributed by atoms with Crippen LogP contribution in [0.15, 0.2) is 23.0 Å². The third-order valence-electron chi connectivity index (χ3n) is 4.08. The fraction of sp³-hybridized carbons (Fsp3) is 0.312. The van der Waals surface area contributed by atoms with Crippen molar-refractivity contribution in [3.63, 3.8) is 0 Å². The number of nitrogens with two attached hydrogens (primary N) is 1. The summed E-state index contributed by atoms with van der Waals surface area (Å²) in [5.41, 5.74) is 7.41. The van der Waals surface area contributed by atoms with Gasteiger partial charge in [0.25, 0.3) is 5.56 Å². The first kappa shape index (κ1) is 16.7. The minimum atomic E-state index is -0.346. The molecule has 2 heterocycles. The molecule has 1 aliphatic rings. The number of halogens is 1. The summed E-state index contributed by atoms with van der Waals surface area (Å²) >= 11 is 11.5. The molecule has 0 saturated carbocycles. The van der Waals surface area contributed by atoms with E-state index in [1.165, 1.54) is 0 Å². The number of nitrogen functional groups attached to an aromatic ring is 1. The van der Waals surface area contributed by atoms with Crippen LogP contribution in [0.2, 0.25) is 5.02 Å². The summed E-state index contributed by atoms with van der Waals surface area (Å²) in [4.78, 5) is 21.8. The van der Waals surface area contributed by atoms with Crippen molar-refractivity contribution in [1.29, 1.82) is 0 Å². The van der Waals surface area contributed by atoms with Gasteiger partial charge in [-0.1, -0.05) is 29.9 Å². The highest BCUT2D eigenvalue weighted by Gasteiger charge is 2.19. The molecule has 1 aromatic heterocycles. The number of nitrogens with zero attached hydrogens (tertiary/aromatic N) is 2. The number of H-pyrrole nitrogens is 1. The van der Waals surface area contributed by atoms with Crippen molar-refractivity contribution in [3.8, 4) is 0 Å². The molecule has 24 heavy (non-hydrogen) atoms. The molecule has 0 amide bonds. The van der Waals surface area contributed by atoms with Gasteiger partial charge in [0.2, 0.25) is 5.95 Å². The van der Waals surface area contributed by atoms with Gasteiger partial charge in [-0.15, -0.1) is 0 Å². The third-order valence-corrected chi connectivity index (χ3v) is 4.80. The maximum Gasteiger partial charge on any atom is 0.264 e. The molecule has 0 aliphatic carbocycles. The number of benzene rings is 1. The van der Waals surface area contributed by atoms with Crippen molar-refractivity contribution in [3.05, 3.63) is 44.7 Å². The van der Waals surface area contributed by atoms with Gasteiger partial charge in [0.1, 0.15) is 16.4 Å². The first-order valence-corrected chi connectivity index (χ1v) is 8.47. The zero-order chi connectivity index (χ0) is 17.3. The SMILES string of the molecule is Cc1c(Cl)cccc1NC(=S)c1c(N)nc(N2CCCC2)[nH]c1=O. The molecule has 0 atom stereocenters. The highest BCUT2D eigenvalue weighted by molar-refractivity contribution is 7.81. The number of hydrogen-bond donors (Lipinski definition) is 3. The highest BCUT2D eigenvalue weighted by Crippen LogP contribution is 2.24. The fourth-order valence-corrected chi connectivity index (χ4v) is 3.19. The first-order valence-electron chi connectivity index (χ1n) is 7.68. The maximum atomic E-state index is 12.4. The number of nitrogens with one attached hydrogen (secondary N) is 2. The minimum Gasteiger partial charge on any atom is -0.383 e. The lowest BCUT2D eigenvalue weighted by Gasteiger charge is -2.17. The summed E-state index contributed by atoms with van der Waals surface area (Å²) in [5, 5.41) is 3.65. The molecule has 2 aromatic rings. The van der Waals surface area contributed by atoms with Gasteiger partial charge in [-0.25, -0.2) is 0 Å². The van der Waals surface area contributed by atoms with Crippen LogP contribution in [0.1, 0.15) is 24.0 Å². The number of hydrogen-bond acceptors (Lipinski definition) is 5. The van der Waals surface area contributed by atoms with Crippen molar-refractivity contribution in [2.45, 2.75) is 19.8 Å². The van der Waals surface area contributed by atoms with E-state index < -0.39 is 0 Å². The zero-order valence-corrected chi connectivity index (χ0v) is 14.8. The van der Waals surface area contributed by atoms with Crippen LogP contribution in [-0.2, 0) is 0 Å². The number of thiocarbonyl (C=S) groups is 1. The predicted octanol–water partition coefficient (Wildman–Crippen LogP) is 2.70. The fourth-order valence-electron chi connectivity index (χ4n) is 2.70. The molecule has 0 unspecified atom stereocenters. The van der Waals surface area contributed by atoms with Crippen LogP contribution in [-0.4, -0.2) is 28.0 Å². The van der Waals surface area contributed by atoms with Gasteiger partial charge in [0.15, 0.2) is 0 Å². The van der Waals surface area contributed by atoms with Gasteiger partial charge in [0.05, 0.1) is 0 Å². The van der Waals surface area contributed by atoms with Gasteiger partial charge in [-0.2, -0.15) is 4.98 Å². The largest absolute Gasteiger partial charge is 0.383 e. The molecule has 1 aromatic carbocycles. The normalized spacial score (nSPS) is 14.0. The minimum absolute atomic E-state index is 0.123. The summed E-state index contributed by atoms with van der Waals surface area (Å²) in [7, 11) is 0. The number of aromatic amines is 1. The maximum absolute atomic E-state index is 12.4. The van der Waals surface area contributed by atoms with Crippen molar-refractivity contribution in [2.75, 3.05) is 29.0 Å². The average Bonchev–Trinajstić information content (AvgIpc) is 3.05. The van der Waals surface area contributed by atoms with E-state index in [9.17, 15) is 4.79 Å². The van der Waals surface area contributed by atoms with Crippen molar-refractivity contribution in [1.82, 2.24) is 9.97 Å². The van der Waals surface area contributed by atoms with Crippen LogP contribution in [0.3, 0.4) is 0 Å². The molecule has 6 nitrogen and oxygen atoms in total. The molecular formula is C16H18ClN5OS. The lowest BCUT2D eigenvalue weighted by molar-refractivity contribution is 0.891. The Morgan fingerprint density at radius 1 is 1.42 bits per heavy atom. The van der Waals surface area contributed by atoms with E-state index in [-0.39, 0.29) is 21.9 Å². The summed E-state index contributed by atoms with van der Waals surface area (Å²) in [6.07, 6.45) is 2.17. The van der Waals surface area contributed by atoms with Crippen LogP contribution < -0.4 is 21.5 Å². The Labute approximate surface area is 150 Å². The lowest BCUT2D eigenvalue weighted by atomic mass is 10.2. The third kappa shape index (κ3) is 3.22. The standard InChI is InChI=1S/C16H18ClN5OS/c1-9-10(17)5-4-6-11(9)19-15(24)12-13(18)20-16(21-14(12)23)22-7-2-3-8-22/h4-6H,2-3,7-8H2,1H3,(H,19,24)(H3,18,20,21,23). The Morgan fingerprint density at radius 2 is 2.12 bits per heavy atom. The predicted molar refractivity (Wildman–Crippen MR) is 102 cm³/mol. The molecule has 0 bridgehead atoms. The molecule has 8 heteroatoms. The first-order chi connectivity index (χ1) is 11.5. The smallest absolute Gasteiger partial charge is 0.264 e. The van der Waals surface area contributed by atoms with E-state index in [0.29, 0.717) is 11.0 Å². The van der Waals surface area contributed by atoms with Gasteiger partial charge < -0.3 is 16.0 Å². The van der Waals surface area contributed by atoms with E-state index in [4.69, 9.17) is 29.6 Å². The Balaban J connectivity index is 1.90. The molecule has 1 saturated heterocycles. The van der Waals surface area contributed by atoms with Gasteiger partial charge in [-0.3, -0.25) is 9.78 Å². The Morgan fingerprint density at radius 3 is 2.79 bits per heavy atom. The zero-order valence-electron chi connectivity index (χ0n) is 13.2. The van der Waals surface area contributed by atoms with E-state index >= 15 is 0 Å². The summed E-state index contributed by atoms with van der Waals surface area (Å²) in [5.74, 6) is 0.623. The van der Waals surface area contributed by atoms with Gasteiger partial charge in [0, 0.05) is 23.8 Å². The Hall–Kier alpha value is -2.12. The van der Waals surface area contributed by atoms with E-state index in [0.717, 1.165) is 37.2 Å².